The third kappa shape index (κ3) is 11.2. The lowest BCUT2D eigenvalue weighted by Gasteiger charge is -2.13. The van der Waals surface area contributed by atoms with E-state index in [-0.39, 0.29) is 17.3 Å². The predicted octanol–water partition coefficient (Wildman–Crippen LogP) is 8.04. The Morgan fingerprint density at radius 3 is 1.92 bits per heavy atom. The summed E-state index contributed by atoms with van der Waals surface area (Å²) >= 11 is 0. The fraction of sp³-hybridized carbons (Fsp3) is 0.643. The van der Waals surface area contributed by atoms with E-state index in [2.05, 4.69) is 27.5 Å². The van der Waals surface area contributed by atoms with Gasteiger partial charge >= 0.3 is 5.69 Å². The molecule has 0 fully saturated rings. The average Bonchev–Trinajstić information content (AvgIpc) is 2.90. The van der Waals surface area contributed by atoms with Crippen molar-refractivity contribution in [1.29, 1.82) is 0 Å². The molecule has 0 atom stereocenters. The second-order valence-electron chi connectivity index (χ2n) is 9.39. The van der Waals surface area contributed by atoms with E-state index in [9.17, 15) is 10.1 Å². The molecule has 9 heteroatoms. The minimum absolute atomic E-state index is 0.0926. The van der Waals surface area contributed by atoms with Crippen molar-refractivity contribution in [2.75, 3.05) is 31.4 Å². The van der Waals surface area contributed by atoms with Crippen molar-refractivity contribution in [2.45, 2.75) is 96.8 Å². The van der Waals surface area contributed by atoms with E-state index < -0.39 is 4.92 Å². The van der Waals surface area contributed by atoms with E-state index in [4.69, 9.17) is 9.47 Å². The molecule has 9 nitrogen and oxygen atoms in total. The first-order valence-corrected chi connectivity index (χ1v) is 13.8. The zero-order valence-corrected chi connectivity index (χ0v) is 22.9. The smallest absolute Gasteiger partial charge is 0.353 e. The van der Waals surface area contributed by atoms with E-state index in [0.717, 1.165) is 12.8 Å². The summed E-state index contributed by atoms with van der Waals surface area (Å²) in [6.07, 6.45) is 19.4. The Morgan fingerprint density at radius 1 is 0.811 bits per heavy atom. The minimum Gasteiger partial charge on any atom is -0.497 e. The van der Waals surface area contributed by atoms with E-state index >= 15 is 0 Å². The molecule has 0 spiro atoms. The van der Waals surface area contributed by atoms with Gasteiger partial charge in [-0.25, -0.2) is 9.97 Å². The average molecular weight is 516 g/mol. The molecule has 1 aromatic carbocycles. The molecule has 0 unspecified atom stereocenters. The Labute approximate surface area is 221 Å². The molecule has 0 saturated heterocycles. The van der Waals surface area contributed by atoms with Crippen molar-refractivity contribution in [3.63, 3.8) is 0 Å². The van der Waals surface area contributed by atoms with Gasteiger partial charge in [0.25, 0.3) is 0 Å². The molecule has 1 aromatic heterocycles. The SMILES string of the molecule is CCCCCCCCCCCCCCCCNc1ncnc(Nc2cc(OC)ccc2OC)c1[N+](=O)[O-]. The molecular formula is C28H45N5O4. The standard InChI is InChI=1S/C28H45N5O4/c1-4-5-6-7-8-9-10-11-12-13-14-15-16-17-20-29-27-26(33(34)35)28(31-22-30-27)32-24-21-23(36-2)18-19-25(24)37-3/h18-19,21-22H,4-17,20H2,1-3H3,(H2,29,30,31,32). The summed E-state index contributed by atoms with van der Waals surface area (Å²) in [6.45, 7) is 2.88. The number of unbranched alkanes of at least 4 members (excludes halogenated alkanes) is 13. The van der Waals surface area contributed by atoms with Gasteiger partial charge in [-0.3, -0.25) is 10.1 Å². The van der Waals surface area contributed by atoms with Crippen LogP contribution >= 0.6 is 0 Å². The lowest BCUT2D eigenvalue weighted by molar-refractivity contribution is -0.383. The maximum atomic E-state index is 11.9. The van der Waals surface area contributed by atoms with Gasteiger partial charge in [-0.1, -0.05) is 90.4 Å². The zero-order valence-electron chi connectivity index (χ0n) is 22.9. The number of hydrogen-bond donors (Lipinski definition) is 2. The molecule has 0 aliphatic rings. The molecule has 2 aromatic rings. The summed E-state index contributed by atoms with van der Waals surface area (Å²) in [4.78, 5) is 19.6. The lowest BCUT2D eigenvalue weighted by atomic mass is 10.0. The van der Waals surface area contributed by atoms with E-state index in [1.165, 1.54) is 90.5 Å². The van der Waals surface area contributed by atoms with Crippen molar-refractivity contribution >= 4 is 23.0 Å². The molecule has 37 heavy (non-hydrogen) atoms. The number of aromatic nitrogens is 2. The number of ether oxygens (including phenoxy) is 2. The van der Waals surface area contributed by atoms with Crippen molar-refractivity contribution in [2.24, 2.45) is 0 Å². The lowest BCUT2D eigenvalue weighted by Crippen LogP contribution is -2.09. The van der Waals surface area contributed by atoms with Gasteiger partial charge in [0.1, 0.15) is 17.8 Å². The maximum Gasteiger partial charge on any atom is 0.353 e. The van der Waals surface area contributed by atoms with Crippen LogP contribution < -0.4 is 20.1 Å². The third-order valence-corrected chi connectivity index (χ3v) is 6.49. The Kier molecular flexibility index (Phi) is 14.8. The van der Waals surface area contributed by atoms with Gasteiger partial charge in [0.15, 0.2) is 0 Å². The minimum atomic E-state index is -0.470. The highest BCUT2D eigenvalue weighted by Gasteiger charge is 2.24. The molecule has 206 valence electrons. The van der Waals surface area contributed by atoms with Gasteiger partial charge in [-0.15, -0.1) is 0 Å². The molecule has 0 radical (unpaired) electrons. The quantitative estimate of drug-likeness (QED) is 0.0976. The Hall–Kier alpha value is -3.10. The number of rotatable bonds is 21. The number of benzene rings is 1. The summed E-state index contributed by atoms with van der Waals surface area (Å²) in [5.74, 6) is 1.41. The maximum absolute atomic E-state index is 11.9. The predicted molar refractivity (Wildman–Crippen MR) is 150 cm³/mol. The van der Waals surface area contributed by atoms with Gasteiger partial charge in [-0.2, -0.15) is 0 Å². The topological polar surface area (TPSA) is 111 Å². The van der Waals surface area contributed by atoms with Crippen LogP contribution in [0.1, 0.15) is 96.8 Å². The first-order valence-electron chi connectivity index (χ1n) is 13.8. The zero-order chi connectivity index (χ0) is 26.7. The van der Waals surface area contributed by atoms with E-state index in [0.29, 0.717) is 23.7 Å². The Bertz CT molecular complexity index is 925. The fourth-order valence-electron chi connectivity index (χ4n) is 4.34. The summed E-state index contributed by atoms with van der Waals surface area (Å²) in [6, 6.07) is 5.18. The normalized spacial score (nSPS) is 10.8. The highest BCUT2D eigenvalue weighted by atomic mass is 16.6. The Balaban J connectivity index is 1.72. The fourth-order valence-corrected chi connectivity index (χ4v) is 4.34. The molecule has 0 aliphatic heterocycles. The van der Waals surface area contributed by atoms with Gasteiger partial charge < -0.3 is 20.1 Å². The first-order chi connectivity index (χ1) is 18.1. The van der Waals surface area contributed by atoms with Crippen LogP contribution in [0.15, 0.2) is 24.5 Å². The van der Waals surface area contributed by atoms with Gasteiger partial charge in [0.2, 0.25) is 11.6 Å². The highest BCUT2D eigenvalue weighted by molar-refractivity contribution is 5.76. The van der Waals surface area contributed by atoms with Crippen LogP contribution in [0.2, 0.25) is 0 Å². The monoisotopic (exact) mass is 515 g/mol. The van der Waals surface area contributed by atoms with Crippen LogP contribution in [0.4, 0.5) is 23.0 Å². The second-order valence-corrected chi connectivity index (χ2v) is 9.39. The second kappa shape index (κ2) is 18.2. The summed E-state index contributed by atoms with van der Waals surface area (Å²) in [7, 11) is 3.09. The number of nitrogens with zero attached hydrogens (tertiary/aromatic N) is 3. The van der Waals surface area contributed by atoms with Crippen molar-refractivity contribution < 1.29 is 14.4 Å². The van der Waals surface area contributed by atoms with Gasteiger partial charge in [-0.05, 0) is 18.6 Å². The summed E-state index contributed by atoms with van der Waals surface area (Å²) in [5, 5.41) is 18.0. The number of hydrogen-bond acceptors (Lipinski definition) is 8. The summed E-state index contributed by atoms with van der Waals surface area (Å²) < 4.78 is 10.6. The number of nitrogens with one attached hydrogen (secondary N) is 2. The van der Waals surface area contributed by atoms with E-state index in [1.54, 1.807) is 25.3 Å². The highest BCUT2D eigenvalue weighted by Crippen LogP contribution is 2.36. The molecule has 1 heterocycles. The first kappa shape index (κ1) is 30.1. The largest absolute Gasteiger partial charge is 0.497 e. The van der Waals surface area contributed by atoms with Crippen molar-refractivity contribution in [3.05, 3.63) is 34.6 Å². The molecule has 0 saturated carbocycles. The molecule has 0 amide bonds. The molecule has 2 N–H and O–H groups in total. The third-order valence-electron chi connectivity index (χ3n) is 6.49. The van der Waals surface area contributed by atoms with Crippen LogP contribution in [0.3, 0.4) is 0 Å². The van der Waals surface area contributed by atoms with E-state index in [1.807, 2.05) is 0 Å². The molecular weight excluding hydrogens is 470 g/mol. The van der Waals surface area contributed by atoms with Crippen molar-refractivity contribution in [1.82, 2.24) is 9.97 Å². The molecule has 0 bridgehead atoms. The van der Waals surface area contributed by atoms with Crippen LogP contribution in [0.25, 0.3) is 0 Å². The molecule has 0 aliphatic carbocycles. The molecule has 2 rings (SSSR count). The number of nitro groups is 1. The van der Waals surface area contributed by atoms with Gasteiger partial charge in [0.05, 0.1) is 24.8 Å². The van der Waals surface area contributed by atoms with Crippen LogP contribution in [-0.2, 0) is 0 Å². The number of methoxy groups -OCH3 is 2. The Morgan fingerprint density at radius 2 is 1.38 bits per heavy atom. The number of anilines is 3. The van der Waals surface area contributed by atoms with Crippen LogP contribution in [0.5, 0.6) is 11.5 Å². The van der Waals surface area contributed by atoms with Crippen molar-refractivity contribution in [3.8, 4) is 11.5 Å². The summed E-state index contributed by atoms with van der Waals surface area (Å²) in [5.41, 5.74) is 0.319. The van der Waals surface area contributed by atoms with Crippen LogP contribution in [0, 0.1) is 10.1 Å². The van der Waals surface area contributed by atoms with Gasteiger partial charge in [0, 0.05) is 12.6 Å². The van der Waals surface area contributed by atoms with Crippen LogP contribution in [-0.4, -0.2) is 35.7 Å².